The second-order valence-corrected chi connectivity index (χ2v) is 5.26. The Morgan fingerprint density at radius 3 is 2.74 bits per heavy atom. The van der Waals surface area contributed by atoms with Gasteiger partial charge in [0.2, 0.25) is 0 Å². The van der Waals surface area contributed by atoms with Crippen LogP contribution in [-0.2, 0) is 7.05 Å². The fourth-order valence-electron chi connectivity index (χ4n) is 1.46. The van der Waals surface area contributed by atoms with Gasteiger partial charge in [-0.1, -0.05) is 0 Å². The number of aryl methyl sites for hydroxylation is 1. The van der Waals surface area contributed by atoms with Gasteiger partial charge in [-0.2, -0.15) is 5.10 Å². The Kier molecular flexibility index (Phi) is 3.94. The highest BCUT2D eigenvalue weighted by Crippen LogP contribution is 2.35. The van der Waals surface area contributed by atoms with Crippen molar-refractivity contribution in [3.05, 3.63) is 24.3 Å². The third kappa shape index (κ3) is 3.17. The van der Waals surface area contributed by atoms with Crippen LogP contribution in [-0.4, -0.2) is 20.9 Å². The van der Waals surface area contributed by atoms with E-state index in [1.165, 1.54) is 24.2 Å². The van der Waals surface area contributed by atoms with Gasteiger partial charge in [-0.3, -0.25) is 0 Å². The molecule has 0 fully saturated rings. The van der Waals surface area contributed by atoms with E-state index in [9.17, 15) is 4.39 Å². The molecule has 0 saturated heterocycles. The number of rotatable bonds is 4. The van der Waals surface area contributed by atoms with Crippen LogP contribution in [0.15, 0.2) is 28.5 Å². The van der Waals surface area contributed by atoms with Crippen molar-refractivity contribution in [1.29, 1.82) is 0 Å². The van der Waals surface area contributed by atoms with Gasteiger partial charge in [0.15, 0.2) is 16.7 Å². The van der Waals surface area contributed by atoms with Crippen molar-refractivity contribution >= 4 is 17.4 Å². The lowest BCUT2D eigenvalue weighted by Crippen LogP contribution is -2.07. The molecule has 19 heavy (non-hydrogen) atoms. The topological polar surface area (TPSA) is 66.0 Å². The summed E-state index contributed by atoms with van der Waals surface area (Å²) in [5.41, 5.74) is 6.16. The van der Waals surface area contributed by atoms with Gasteiger partial charge in [0.1, 0.15) is 6.33 Å². The van der Waals surface area contributed by atoms with Crippen LogP contribution in [0, 0.1) is 5.82 Å². The van der Waals surface area contributed by atoms with Gasteiger partial charge in [0.25, 0.3) is 0 Å². The summed E-state index contributed by atoms with van der Waals surface area (Å²) in [5, 5.41) is 4.64. The highest BCUT2D eigenvalue weighted by molar-refractivity contribution is 7.99. The van der Waals surface area contributed by atoms with Gasteiger partial charge in [-0.15, -0.1) is 0 Å². The SMILES string of the molecule is CC(C)Oc1cc(Sc2ncnn2C)c(N)cc1F. The van der Waals surface area contributed by atoms with Crippen LogP contribution in [0.4, 0.5) is 10.1 Å². The van der Waals surface area contributed by atoms with Crippen LogP contribution in [0.5, 0.6) is 5.75 Å². The molecular weight excluding hydrogens is 267 g/mol. The monoisotopic (exact) mass is 282 g/mol. The third-order valence-corrected chi connectivity index (χ3v) is 3.42. The average Bonchev–Trinajstić information content (AvgIpc) is 2.70. The summed E-state index contributed by atoms with van der Waals surface area (Å²) in [5.74, 6) is -0.276. The molecule has 0 aliphatic rings. The van der Waals surface area contributed by atoms with Crippen molar-refractivity contribution in [3.63, 3.8) is 0 Å². The molecule has 1 aromatic heterocycles. The number of ether oxygens (including phenoxy) is 1. The van der Waals surface area contributed by atoms with E-state index in [1.807, 2.05) is 13.8 Å². The van der Waals surface area contributed by atoms with Gasteiger partial charge >= 0.3 is 0 Å². The smallest absolute Gasteiger partial charge is 0.190 e. The lowest BCUT2D eigenvalue weighted by Gasteiger charge is -2.13. The van der Waals surface area contributed by atoms with Crippen molar-refractivity contribution < 1.29 is 9.13 Å². The number of benzene rings is 1. The summed E-state index contributed by atoms with van der Waals surface area (Å²) in [4.78, 5) is 4.78. The van der Waals surface area contributed by atoms with Gasteiger partial charge in [-0.05, 0) is 31.7 Å². The predicted octanol–water partition coefficient (Wildman–Crippen LogP) is 2.47. The van der Waals surface area contributed by atoms with Gasteiger partial charge in [0.05, 0.1) is 6.10 Å². The molecule has 0 saturated carbocycles. The summed E-state index contributed by atoms with van der Waals surface area (Å²) in [6.07, 6.45) is 1.35. The Hall–Kier alpha value is -1.76. The Bertz CT molecular complexity index is 585. The van der Waals surface area contributed by atoms with E-state index < -0.39 is 5.82 Å². The van der Waals surface area contributed by atoms with Crippen molar-refractivity contribution in [2.75, 3.05) is 5.73 Å². The van der Waals surface area contributed by atoms with E-state index in [1.54, 1.807) is 17.8 Å². The Morgan fingerprint density at radius 1 is 1.42 bits per heavy atom. The van der Waals surface area contributed by atoms with Gasteiger partial charge in [0, 0.05) is 23.7 Å². The highest BCUT2D eigenvalue weighted by atomic mass is 32.2. The summed E-state index contributed by atoms with van der Waals surface area (Å²) >= 11 is 1.32. The maximum Gasteiger partial charge on any atom is 0.190 e. The number of hydrogen-bond acceptors (Lipinski definition) is 5. The van der Waals surface area contributed by atoms with Crippen molar-refractivity contribution in [1.82, 2.24) is 14.8 Å². The van der Waals surface area contributed by atoms with Crippen LogP contribution >= 0.6 is 11.8 Å². The number of aromatic nitrogens is 3. The minimum atomic E-state index is -0.464. The molecular formula is C12H15FN4OS. The Balaban J connectivity index is 2.32. The molecule has 2 rings (SSSR count). The molecule has 0 aliphatic heterocycles. The lowest BCUT2D eigenvalue weighted by atomic mass is 10.3. The Labute approximate surface area is 115 Å². The molecule has 0 aliphatic carbocycles. The predicted molar refractivity (Wildman–Crippen MR) is 71.7 cm³/mol. The van der Waals surface area contributed by atoms with Crippen molar-refractivity contribution in [2.24, 2.45) is 7.05 Å². The van der Waals surface area contributed by atoms with E-state index in [-0.39, 0.29) is 11.9 Å². The molecule has 5 nitrogen and oxygen atoms in total. The maximum absolute atomic E-state index is 13.7. The van der Waals surface area contributed by atoms with Crippen LogP contribution < -0.4 is 10.5 Å². The molecule has 2 N–H and O–H groups in total. The average molecular weight is 282 g/mol. The van der Waals surface area contributed by atoms with E-state index in [4.69, 9.17) is 10.5 Å². The van der Waals surface area contributed by atoms with Crippen molar-refractivity contribution in [3.8, 4) is 5.75 Å². The zero-order valence-electron chi connectivity index (χ0n) is 10.9. The third-order valence-electron chi connectivity index (χ3n) is 2.30. The molecule has 1 aromatic carbocycles. The molecule has 7 heteroatoms. The van der Waals surface area contributed by atoms with E-state index in [0.29, 0.717) is 15.7 Å². The minimum Gasteiger partial charge on any atom is -0.488 e. The number of anilines is 1. The second kappa shape index (κ2) is 5.48. The number of nitrogens with two attached hydrogens (primary N) is 1. The first-order valence-electron chi connectivity index (χ1n) is 5.75. The van der Waals surface area contributed by atoms with E-state index in [2.05, 4.69) is 10.1 Å². The van der Waals surface area contributed by atoms with E-state index >= 15 is 0 Å². The summed E-state index contributed by atoms with van der Waals surface area (Å²) < 4.78 is 20.7. The molecule has 0 amide bonds. The molecule has 0 unspecified atom stereocenters. The molecule has 0 radical (unpaired) electrons. The zero-order chi connectivity index (χ0) is 14.0. The summed E-state index contributed by atoms with van der Waals surface area (Å²) in [7, 11) is 1.78. The first kappa shape index (κ1) is 13.7. The molecule has 2 aromatic rings. The van der Waals surface area contributed by atoms with Crippen LogP contribution in [0.3, 0.4) is 0 Å². The fraction of sp³-hybridized carbons (Fsp3) is 0.333. The minimum absolute atomic E-state index is 0.106. The zero-order valence-corrected chi connectivity index (χ0v) is 11.7. The van der Waals surface area contributed by atoms with Crippen molar-refractivity contribution in [2.45, 2.75) is 30.0 Å². The largest absolute Gasteiger partial charge is 0.488 e. The first-order chi connectivity index (χ1) is 8.97. The normalized spacial score (nSPS) is 11.0. The first-order valence-corrected chi connectivity index (χ1v) is 6.56. The molecule has 102 valence electrons. The fourth-order valence-corrected chi connectivity index (χ4v) is 2.28. The second-order valence-electron chi connectivity index (χ2n) is 4.26. The van der Waals surface area contributed by atoms with E-state index in [0.717, 1.165) is 0 Å². The molecule has 0 atom stereocenters. The quantitative estimate of drug-likeness (QED) is 0.873. The molecule has 0 bridgehead atoms. The molecule has 0 spiro atoms. The van der Waals surface area contributed by atoms with Crippen LogP contribution in [0.1, 0.15) is 13.8 Å². The van der Waals surface area contributed by atoms with Gasteiger partial charge < -0.3 is 10.5 Å². The standard InChI is InChI=1S/C12H15FN4OS/c1-7(2)18-10-5-11(9(14)4-8(10)13)19-12-15-6-16-17(12)3/h4-7H,14H2,1-3H3. The summed E-state index contributed by atoms with van der Waals surface area (Å²) in [6, 6.07) is 2.85. The summed E-state index contributed by atoms with van der Waals surface area (Å²) in [6.45, 7) is 3.68. The number of halogens is 1. The van der Waals surface area contributed by atoms with Crippen LogP contribution in [0.25, 0.3) is 0 Å². The van der Waals surface area contributed by atoms with Gasteiger partial charge in [-0.25, -0.2) is 14.1 Å². The number of hydrogen-bond donors (Lipinski definition) is 1. The highest BCUT2D eigenvalue weighted by Gasteiger charge is 2.13. The van der Waals surface area contributed by atoms with Crippen LogP contribution in [0.2, 0.25) is 0 Å². The lowest BCUT2D eigenvalue weighted by molar-refractivity contribution is 0.230. The number of nitrogen functional groups attached to an aromatic ring is 1. The Morgan fingerprint density at radius 2 is 2.16 bits per heavy atom. The number of nitrogens with zero attached hydrogens (tertiary/aromatic N) is 3. The maximum atomic E-state index is 13.7. The molecule has 1 heterocycles.